The van der Waals surface area contributed by atoms with Crippen molar-refractivity contribution < 1.29 is 13.2 Å². The van der Waals surface area contributed by atoms with Crippen molar-refractivity contribution >= 4 is 6.08 Å². The van der Waals surface area contributed by atoms with Crippen molar-refractivity contribution in [1.29, 1.82) is 0 Å². The number of nitrogens with one attached hydrogen (secondary N) is 1. The number of nitrogens with two attached hydrogens (primary N) is 1. The Morgan fingerprint density at radius 3 is 2.77 bits per heavy atom. The summed E-state index contributed by atoms with van der Waals surface area (Å²) in [6, 6.07) is 0. The topological polar surface area (TPSA) is 54.7 Å². The highest BCUT2D eigenvalue weighted by Crippen LogP contribution is 2.30. The molecule has 1 rings (SSSR count). The van der Waals surface area contributed by atoms with Crippen molar-refractivity contribution in [3.8, 4) is 0 Å². The minimum Gasteiger partial charge on any atom is -0.327 e. The second-order valence-corrected chi connectivity index (χ2v) is 2.34. The van der Waals surface area contributed by atoms with Crippen molar-refractivity contribution in [2.75, 3.05) is 6.54 Å². The fourth-order valence-corrected chi connectivity index (χ4v) is 0.844. The van der Waals surface area contributed by atoms with Gasteiger partial charge in [0.2, 0.25) is 0 Å². The molecule has 3 N–H and O–H groups in total. The Bertz CT molecular complexity index is 300. The highest BCUT2D eigenvalue weighted by molar-refractivity contribution is 5.51. The Balaban J connectivity index is 2.96. The molecule has 0 radical (unpaired) electrons. The molecule has 3 nitrogen and oxygen atoms in total. The fourth-order valence-electron chi connectivity index (χ4n) is 0.844. The Kier molecular flexibility index (Phi) is 2.72. The minimum absolute atomic E-state index is 0.00190. The van der Waals surface area contributed by atoms with E-state index in [1.54, 1.807) is 0 Å². The van der Waals surface area contributed by atoms with Gasteiger partial charge in [-0.2, -0.15) is 18.3 Å². The van der Waals surface area contributed by atoms with Gasteiger partial charge in [-0.3, -0.25) is 5.10 Å². The summed E-state index contributed by atoms with van der Waals surface area (Å²) < 4.78 is 36.5. The van der Waals surface area contributed by atoms with Crippen molar-refractivity contribution in [3.05, 3.63) is 23.5 Å². The van der Waals surface area contributed by atoms with Crippen LogP contribution in [-0.4, -0.2) is 16.7 Å². The van der Waals surface area contributed by atoms with E-state index in [4.69, 9.17) is 5.73 Å². The van der Waals surface area contributed by atoms with Crippen molar-refractivity contribution in [2.45, 2.75) is 6.18 Å². The third kappa shape index (κ3) is 2.32. The summed E-state index contributed by atoms with van der Waals surface area (Å²) in [7, 11) is 0. The number of aromatic nitrogens is 2. The predicted octanol–water partition coefficient (Wildman–Crippen LogP) is 1.40. The SMILES string of the molecule is NC/C=C/c1cn[nH]c1C(F)(F)F. The summed E-state index contributed by atoms with van der Waals surface area (Å²) in [6.45, 7) is 0.197. The first-order valence-corrected chi connectivity index (χ1v) is 3.53. The number of rotatable bonds is 2. The maximum atomic E-state index is 12.2. The molecule has 6 heteroatoms. The Hall–Kier alpha value is -1.30. The third-order valence-electron chi connectivity index (χ3n) is 1.39. The van der Waals surface area contributed by atoms with E-state index in [0.29, 0.717) is 0 Å². The van der Waals surface area contributed by atoms with E-state index in [1.807, 2.05) is 5.10 Å². The monoisotopic (exact) mass is 191 g/mol. The van der Waals surface area contributed by atoms with Crippen molar-refractivity contribution in [1.82, 2.24) is 10.2 Å². The molecule has 72 valence electrons. The van der Waals surface area contributed by atoms with Gasteiger partial charge in [0.05, 0.1) is 6.20 Å². The van der Waals surface area contributed by atoms with Gasteiger partial charge in [0.25, 0.3) is 0 Å². The second-order valence-electron chi connectivity index (χ2n) is 2.34. The number of halogens is 3. The van der Waals surface area contributed by atoms with E-state index in [0.717, 1.165) is 6.20 Å². The molecule has 0 amide bonds. The number of alkyl halides is 3. The van der Waals surface area contributed by atoms with Crippen LogP contribution in [0.3, 0.4) is 0 Å². The minimum atomic E-state index is -4.40. The molecule has 0 aliphatic carbocycles. The van der Waals surface area contributed by atoms with Crippen LogP contribution in [-0.2, 0) is 6.18 Å². The molecular formula is C7H8F3N3. The lowest BCUT2D eigenvalue weighted by Gasteiger charge is -2.03. The number of H-pyrrole nitrogens is 1. The lowest BCUT2D eigenvalue weighted by molar-refractivity contribution is -0.141. The molecule has 1 heterocycles. The highest BCUT2D eigenvalue weighted by atomic mass is 19.4. The van der Waals surface area contributed by atoms with Crippen LogP contribution in [0.5, 0.6) is 0 Å². The van der Waals surface area contributed by atoms with Gasteiger partial charge in [0.1, 0.15) is 5.69 Å². The quantitative estimate of drug-likeness (QED) is 0.742. The summed E-state index contributed by atoms with van der Waals surface area (Å²) in [5, 5.41) is 5.19. The average molecular weight is 191 g/mol. The molecule has 0 saturated heterocycles. The van der Waals surface area contributed by atoms with Crippen LogP contribution in [0, 0.1) is 0 Å². The fraction of sp³-hybridized carbons (Fsp3) is 0.286. The van der Waals surface area contributed by atoms with Gasteiger partial charge in [0, 0.05) is 12.1 Å². The first-order chi connectivity index (χ1) is 6.05. The van der Waals surface area contributed by atoms with Crippen LogP contribution in [0.2, 0.25) is 0 Å². The number of hydrogen-bond donors (Lipinski definition) is 2. The molecule has 0 aromatic carbocycles. The van der Waals surface area contributed by atoms with Gasteiger partial charge < -0.3 is 5.73 Å². The maximum Gasteiger partial charge on any atom is 0.433 e. The number of hydrogen-bond acceptors (Lipinski definition) is 2. The Morgan fingerprint density at radius 1 is 1.54 bits per heavy atom. The largest absolute Gasteiger partial charge is 0.433 e. The molecule has 0 atom stereocenters. The van der Waals surface area contributed by atoms with Crippen LogP contribution >= 0.6 is 0 Å². The molecule has 0 spiro atoms. The molecule has 0 fully saturated rings. The zero-order chi connectivity index (χ0) is 9.90. The van der Waals surface area contributed by atoms with Gasteiger partial charge in [0.15, 0.2) is 0 Å². The molecular weight excluding hydrogens is 183 g/mol. The summed E-state index contributed by atoms with van der Waals surface area (Å²) in [4.78, 5) is 0. The van der Waals surface area contributed by atoms with E-state index in [1.165, 1.54) is 12.2 Å². The van der Waals surface area contributed by atoms with Crippen LogP contribution in [0.25, 0.3) is 6.08 Å². The van der Waals surface area contributed by atoms with Crippen LogP contribution < -0.4 is 5.73 Å². The van der Waals surface area contributed by atoms with Gasteiger partial charge in [-0.25, -0.2) is 0 Å². The molecule has 0 saturated carbocycles. The molecule has 0 aliphatic heterocycles. The summed E-state index contributed by atoms with van der Waals surface area (Å²) >= 11 is 0. The van der Waals surface area contributed by atoms with Crippen LogP contribution in [0.4, 0.5) is 13.2 Å². The maximum absolute atomic E-state index is 12.2. The first kappa shape index (κ1) is 9.79. The van der Waals surface area contributed by atoms with Crippen LogP contribution in [0.1, 0.15) is 11.3 Å². The Morgan fingerprint density at radius 2 is 2.23 bits per heavy atom. The van der Waals surface area contributed by atoms with E-state index in [9.17, 15) is 13.2 Å². The highest BCUT2D eigenvalue weighted by Gasteiger charge is 2.34. The van der Waals surface area contributed by atoms with Gasteiger partial charge in [-0.1, -0.05) is 12.2 Å². The predicted molar refractivity (Wildman–Crippen MR) is 41.7 cm³/mol. The van der Waals surface area contributed by atoms with E-state index in [-0.39, 0.29) is 12.1 Å². The van der Waals surface area contributed by atoms with E-state index in [2.05, 4.69) is 5.10 Å². The van der Waals surface area contributed by atoms with E-state index < -0.39 is 11.9 Å². The third-order valence-corrected chi connectivity index (χ3v) is 1.39. The van der Waals surface area contributed by atoms with E-state index >= 15 is 0 Å². The number of nitrogens with zero attached hydrogens (tertiary/aromatic N) is 1. The average Bonchev–Trinajstić information content (AvgIpc) is 2.47. The molecule has 13 heavy (non-hydrogen) atoms. The lowest BCUT2D eigenvalue weighted by atomic mass is 10.2. The molecule has 1 aromatic rings. The Labute approximate surface area is 72.4 Å². The van der Waals surface area contributed by atoms with Gasteiger partial charge in [-0.05, 0) is 0 Å². The first-order valence-electron chi connectivity index (χ1n) is 3.53. The van der Waals surface area contributed by atoms with Crippen molar-refractivity contribution in [2.24, 2.45) is 5.73 Å². The van der Waals surface area contributed by atoms with Gasteiger partial charge >= 0.3 is 6.18 Å². The molecule has 1 aromatic heterocycles. The lowest BCUT2D eigenvalue weighted by Crippen LogP contribution is -2.07. The molecule has 0 bridgehead atoms. The standard InChI is InChI=1S/C7H8F3N3/c8-7(9,10)6-5(2-1-3-11)4-12-13-6/h1-2,4H,3,11H2,(H,12,13)/b2-1+. The smallest absolute Gasteiger partial charge is 0.327 e. The summed E-state index contributed by atoms with van der Waals surface area (Å²) in [5.41, 5.74) is 4.25. The zero-order valence-electron chi connectivity index (χ0n) is 6.60. The normalized spacial score (nSPS) is 12.6. The second kappa shape index (κ2) is 3.61. The summed E-state index contributed by atoms with van der Waals surface area (Å²) in [5.74, 6) is 0. The van der Waals surface area contributed by atoms with Crippen LogP contribution in [0.15, 0.2) is 12.3 Å². The number of aromatic amines is 1. The zero-order valence-corrected chi connectivity index (χ0v) is 6.60. The van der Waals surface area contributed by atoms with Crippen molar-refractivity contribution in [3.63, 3.8) is 0 Å². The summed E-state index contributed by atoms with van der Waals surface area (Å²) in [6.07, 6.45) is -0.577. The molecule has 0 unspecified atom stereocenters. The molecule has 0 aliphatic rings. The van der Waals surface area contributed by atoms with Gasteiger partial charge in [-0.15, -0.1) is 0 Å².